The molecular formula is C21H18FN5O2S2. The van der Waals surface area contributed by atoms with Crippen LogP contribution in [0.3, 0.4) is 0 Å². The SMILES string of the molecule is CC(=O)NCc1ccc(-c2csc(NC(=O)c3cnn(-c4ccccc4F)c3C)n2)s1. The number of carbonyl (C=O) groups is 2. The van der Waals surface area contributed by atoms with Gasteiger partial charge in [0.15, 0.2) is 5.13 Å². The number of halogens is 1. The summed E-state index contributed by atoms with van der Waals surface area (Å²) in [5.74, 6) is -0.861. The minimum absolute atomic E-state index is 0.0813. The zero-order valence-electron chi connectivity index (χ0n) is 16.7. The average Bonchev–Trinajstić information content (AvgIpc) is 3.46. The number of para-hydroxylation sites is 1. The monoisotopic (exact) mass is 455 g/mol. The molecule has 0 aliphatic rings. The van der Waals surface area contributed by atoms with Crippen LogP contribution in [0.25, 0.3) is 16.3 Å². The minimum Gasteiger partial charge on any atom is -0.351 e. The van der Waals surface area contributed by atoms with Gasteiger partial charge in [0, 0.05) is 17.2 Å². The van der Waals surface area contributed by atoms with E-state index in [-0.39, 0.29) is 17.5 Å². The fourth-order valence-electron chi connectivity index (χ4n) is 2.93. The van der Waals surface area contributed by atoms with Gasteiger partial charge in [-0.2, -0.15) is 5.10 Å². The number of benzene rings is 1. The zero-order valence-corrected chi connectivity index (χ0v) is 18.3. The zero-order chi connectivity index (χ0) is 22.0. The van der Waals surface area contributed by atoms with Crippen molar-refractivity contribution in [3.05, 3.63) is 69.9 Å². The van der Waals surface area contributed by atoms with Crippen LogP contribution in [0, 0.1) is 12.7 Å². The molecule has 0 aliphatic heterocycles. The first-order valence-electron chi connectivity index (χ1n) is 9.32. The van der Waals surface area contributed by atoms with Crippen molar-refractivity contribution in [1.82, 2.24) is 20.1 Å². The molecule has 0 bridgehead atoms. The lowest BCUT2D eigenvalue weighted by molar-refractivity contribution is -0.119. The summed E-state index contributed by atoms with van der Waals surface area (Å²) in [7, 11) is 0. The highest BCUT2D eigenvalue weighted by molar-refractivity contribution is 7.17. The Kier molecular flexibility index (Phi) is 5.92. The molecule has 31 heavy (non-hydrogen) atoms. The number of carbonyl (C=O) groups excluding carboxylic acids is 2. The van der Waals surface area contributed by atoms with E-state index in [0.29, 0.717) is 22.9 Å². The predicted molar refractivity (Wildman–Crippen MR) is 119 cm³/mol. The van der Waals surface area contributed by atoms with Crippen LogP contribution in [0.5, 0.6) is 0 Å². The fourth-order valence-corrected chi connectivity index (χ4v) is 4.62. The Labute approximate surface area is 185 Å². The van der Waals surface area contributed by atoms with Gasteiger partial charge in [-0.25, -0.2) is 14.1 Å². The number of anilines is 1. The summed E-state index contributed by atoms with van der Waals surface area (Å²) in [6.45, 7) is 3.66. The molecule has 0 aliphatic carbocycles. The summed E-state index contributed by atoms with van der Waals surface area (Å²) in [4.78, 5) is 30.2. The molecule has 0 unspecified atom stereocenters. The number of nitrogens with zero attached hydrogens (tertiary/aromatic N) is 3. The quantitative estimate of drug-likeness (QED) is 0.451. The third-order valence-electron chi connectivity index (χ3n) is 4.49. The molecule has 4 rings (SSSR count). The van der Waals surface area contributed by atoms with Gasteiger partial charge in [0.25, 0.3) is 5.91 Å². The lowest BCUT2D eigenvalue weighted by atomic mass is 10.2. The molecule has 10 heteroatoms. The van der Waals surface area contributed by atoms with Crippen molar-refractivity contribution in [2.24, 2.45) is 0 Å². The second-order valence-electron chi connectivity index (χ2n) is 6.67. The number of nitrogens with one attached hydrogen (secondary N) is 2. The standard InChI is InChI=1S/C21H18FN5O2S2/c1-12-15(10-24-27(12)18-6-4-3-5-16(18)22)20(29)26-21-25-17(11-30-21)19-8-7-14(31-19)9-23-13(2)28/h3-8,10-11H,9H2,1-2H3,(H,23,28)(H,25,26,29). The molecule has 0 saturated heterocycles. The third-order valence-corrected chi connectivity index (χ3v) is 6.35. The highest BCUT2D eigenvalue weighted by Crippen LogP contribution is 2.31. The molecular weight excluding hydrogens is 437 g/mol. The summed E-state index contributed by atoms with van der Waals surface area (Å²) in [5.41, 5.74) is 1.90. The summed E-state index contributed by atoms with van der Waals surface area (Å²) in [5, 5.41) is 12.0. The maximum absolute atomic E-state index is 14.1. The number of amides is 2. The molecule has 3 heterocycles. The highest BCUT2D eigenvalue weighted by atomic mass is 32.1. The topological polar surface area (TPSA) is 88.9 Å². The van der Waals surface area contributed by atoms with Gasteiger partial charge in [0.2, 0.25) is 5.91 Å². The van der Waals surface area contributed by atoms with E-state index in [9.17, 15) is 14.0 Å². The second-order valence-corrected chi connectivity index (χ2v) is 8.70. The number of thiazole rings is 1. The Balaban J connectivity index is 1.48. The Hall–Kier alpha value is -3.37. The van der Waals surface area contributed by atoms with Crippen molar-refractivity contribution in [2.75, 3.05) is 5.32 Å². The van der Waals surface area contributed by atoms with Crippen LogP contribution >= 0.6 is 22.7 Å². The number of thiophene rings is 1. The first-order valence-corrected chi connectivity index (χ1v) is 11.0. The summed E-state index contributed by atoms with van der Waals surface area (Å²) >= 11 is 2.84. The van der Waals surface area contributed by atoms with E-state index >= 15 is 0 Å². The van der Waals surface area contributed by atoms with Crippen LogP contribution in [-0.2, 0) is 11.3 Å². The predicted octanol–water partition coefficient (Wildman–Crippen LogP) is 4.39. The molecule has 0 atom stereocenters. The first kappa shape index (κ1) is 20.9. The second kappa shape index (κ2) is 8.78. The van der Waals surface area contributed by atoms with Gasteiger partial charge >= 0.3 is 0 Å². The van der Waals surface area contributed by atoms with Gasteiger partial charge in [-0.15, -0.1) is 22.7 Å². The van der Waals surface area contributed by atoms with Crippen LogP contribution < -0.4 is 10.6 Å². The van der Waals surface area contributed by atoms with Gasteiger partial charge in [0.05, 0.1) is 34.6 Å². The lowest BCUT2D eigenvalue weighted by Crippen LogP contribution is -2.17. The Morgan fingerprint density at radius 3 is 2.77 bits per heavy atom. The van der Waals surface area contributed by atoms with Crippen molar-refractivity contribution in [3.63, 3.8) is 0 Å². The van der Waals surface area contributed by atoms with Crippen LogP contribution in [0.4, 0.5) is 9.52 Å². The molecule has 1 aromatic carbocycles. The van der Waals surface area contributed by atoms with E-state index in [2.05, 4.69) is 20.7 Å². The molecule has 7 nitrogen and oxygen atoms in total. The van der Waals surface area contributed by atoms with Crippen molar-refractivity contribution >= 4 is 39.6 Å². The van der Waals surface area contributed by atoms with Gasteiger partial charge in [-0.1, -0.05) is 12.1 Å². The summed E-state index contributed by atoms with van der Waals surface area (Å²) < 4.78 is 15.5. The summed E-state index contributed by atoms with van der Waals surface area (Å²) in [6, 6.07) is 10.1. The number of aromatic nitrogens is 3. The van der Waals surface area contributed by atoms with Crippen LogP contribution in [0.2, 0.25) is 0 Å². The van der Waals surface area contributed by atoms with E-state index in [1.165, 1.54) is 46.5 Å². The van der Waals surface area contributed by atoms with Gasteiger partial charge < -0.3 is 5.32 Å². The van der Waals surface area contributed by atoms with Crippen molar-refractivity contribution in [2.45, 2.75) is 20.4 Å². The molecule has 0 radical (unpaired) electrons. The Bertz CT molecular complexity index is 1260. The molecule has 158 valence electrons. The van der Waals surface area contributed by atoms with Crippen molar-refractivity contribution in [3.8, 4) is 16.3 Å². The van der Waals surface area contributed by atoms with E-state index in [1.807, 2.05) is 17.5 Å². The number of rotatable bonds is 6. The van der Waals surface area contributed by atoms with Crippen LogP contribution in [0.15, 0.2) is 48.0 Å². The third kappa shape index (κ3) is 4.54. The van der Waals surface area contributed by atoms with E-state index < -0.39 is 5.82 Å². The van der Waals surface area contributed by atoms with Gasteiger partial charge in [-0.05, 0) is 31.2 Å². The molecule has 0 fully saturated rings. The van der Waals surface area contributed by atoms with Crippen LogP contribution in [0.1, 0.15) is 27.9 Å². The van der Waals surface area contributed by atoms with E-state index in [1.54, 1.807) is 25.1 Å². The average molecular weight is 456 g/mol. The largest absolute Gasteiger partial charge is 0.351 e. The lowest BCUT2D eigenvalue weighted by Gasteiger charge is -2.06. The molecule has 4 aromatic rings. The van der Waals surface area contributed by atoms with Gasteiger partial charge in [-0.3, -0.25) is 14.9 Å². The molecule has 0 saturated carbocycles. The number of hydrogen-bond acceptors (Lipinski definition) is 6. The van der Waals surface area contributed by atoms with E-state index in [0.717, 1.165) is 15.4 Å². The Morgan fingerprint density at radius 2 is 2.00 bits per heavy atom. The fraction of sp³-hybridized carbons (Fsp3) is 0.143. The Morgan fingerprint density at radius 1 is 1.19 bits per heavy atom. The number of hydrogen-bond donors (Lipinski definition) is 2. The molecule has 3 aromatic heterocycles. The molecule has 0 spiro atoms. The highest BCUT2D eigenvalue weighted by Gasteiger charge is 2.18. The summed E-state index contributed by atoms with van der Waals surface area (Å²) in [6.07, 6.45) is 1.42. The normalized spacial score (nSPS) is 10.8. The van der Waals surface area contributed by atoms with Crippen LogP contribution in [-0.4, -0.2) is 26.6 Å². The smallest absolute Gasteiger partial charge is 0.260 e. The molecule has 2 N–H and O–H groups in total. The maximum atomic E-state index is 14.1. The maximum Gasteiger partial charge on any atom is 0.260 e. The minimum atomic E-state index is -0.418. The van der Waals surface area contributed by atoms with Crippen molar-refractivity contribution in [1.29, 1.82) is 0 Å². The molecule has 2 amide bonds. The first-order chi connectivity index (χ1) is 14.9. The van der Waals surface area contributed by atoms with Gasteiger partial charge in [0.1, 0.15) is 11.5 Å². The van der Waals surface area contributed by atoms with Crippen molar-refractivity contribution < 1.29 is 14.0 Å². The van der Waals surface area contributed by atoms with E-state index in [4.69, 9.17) is 0 Å².